The molecule has 0 bridgehead atoms. The normalized spacial score (nSPS) is 14.8. The fourth-order valence-electron chi connectivity index (χ4n) is 3.59. The van der Waals surface area contributed by atoms with Crippen molar-refractivity contribution in [2.75, 3.05) is 31.1 Å². The maximum atomic E-state index is 5.98. The number of hydrogen-bond donors (Lipinski definition) is 1. The summed E-state index contributed by atoms with van der Waals surface area (Å²) in [5.41, 5.74) is 1.90. The summed E-state index contributed by atoms with van der Waals surface area (Å²) in [6.07, 6.45) is 0. The molecular formula is C20H20ClN9S. The minimum absolute atomic E-state index is 0.528. The molecule has 0 unspecified atom stereocenters. The van der Waals surface area contributed by atoms with Crippen molar-refractivity contribution in [2.24, 2.45) is 0 Å². The molecule has 1 N–H and O–H groups in total. The van der Waals surface area contributed by atoms with Gasteiger partial charge in [0.15, 0.2) is 5.82 Å². The Morgan fingerprint density at radius 2 is 1.71 bits per heavy atom. The van der Waals surface area contributed by atoms with Crippen molar-refractivity contribution in [3.05, 3.63) is 64.4 Å². The molecule has 0 atom stereocenters. The first-order valence-corrected chi connectivity index (χ1v) is 10.7. The summed E-state index contributed by atoms with van der Waals surface area (Å²) in [5, 5.41) is 16.3. The molecule has 0 radical (unpaired) electrons. The maximum Gasteiger partial charge on any atom is 0.250 e. The third-order valence-corrected chi connectivity index (χ3v) is 5.81. The lowest BCUT2D eigenvalue weighted by Gasteiger charge is -2.34. The lowest BCUT2D eigenvalue weighted by atomic mass is 10.2. The molecule has 0 saturated carbocycles. The molecule has 4 aromatic rings. The van der Waals surface area contributed by atoms with Crippen LogP contribution in [0, 0.1) is 4.77 Å². The average Bonchev–Trinajstić information content (AvgIpc) is 3.43. The first kappa shape index (κ1) is 19.9. The Kier molecular flexibility index (Phi) is 5.49. The van der Waals surface area contributed by atoms with Gasteiger partial charge in [-0.1, -0.05) is 34.9 Å². The average molecular weight is 454 g/mol. The summed E-state index contributed by atoms with van der Waals surface area (Å²) in [6.45, 7) is 4.01. The third-order valence-electron chi connectivity index (χ3n) is 5.25. The molecule has 2 aromatic heterocycles. The number of aromatic nitrogens is 7. The number of nitrogens with zero attached hydrogens (tertiary/aromatic N) is 8. The third kappa shape index (κ3) is 4.22. The van der Waals surface area contributed by atoms with Crippen molar-refractivity contribution in [3.63, 3.8) is 0 Å². The van der Waals surface area contributed by atoms with E-state index in [4.69, 9.17) is 23.8 Å². The molecule has 1 fully saturated rings. The summed E-state index contributed by atoms with van der Waals surface area (Å²) in [4.78, 5) is 9.02. The quantitative estimate of drug-likeness (QED) is 0.465. The number of rotatable bonds is 5. The molecular weight excluding hydrogens is 434 g/mol. The van der Waals surface area contributed by atoms with Crippen LogP contribution in [0.2, 0.25) is 5.02 Å². The number of aromatic amines is 1. The summed E-state index contributed by atoms with van der Waals surface area (Å²) in [7, 11) is 0. The van der Waals surface area contributed by atoms with Crippen molar-refractivity contribution < 1.29 is 0 Å². The van der Waals surface area contributed by atoms with E-state index in [1.54, 1.807) is 4.68 Å². The fourth-order valence-corrected chi connectivity index (χ4v) is 3.92. The van der Waals surface area contributed by atoms with Crippen molar-refractivity contribution in [2.45, 2.75) is 6.67 Å². The van der Waals surface area contributed by atoms with Gasteiger partial charge in [-0.25, -0.2) is 4.68 Å². The van der Waals surface area contributed by atoms with Crippen molar-refractivity contribution in [3.8, 4) is 17.1 Å². The van der Waals surface area contributed by atoms with Gasteiger partial charge in [0.2, 0.25) is 10.7 Å². The van der Waals surface area contributed by atoms with Crippen LogP contribution in [-0.2, 0) is 6.67 Å². The highest BCUT2D eigenvalue weighted by molar-refractivity contribution is 7.71. The highest BCUT2D eigenvalue weighted by atomic mass is 35.5. The molecule has 31 heavy (non-hydrogen) atoms. The maximum absolute atomic E-state index is 5.98. The van der Waals surface area contributed by atoms with Crippen molar-refractivity contribution >= 4 is 29.8 Å². The summed E-state index contributed by atoms with van der Waals surface area (Å²) < 4.78 is 4.20. The number of piperazine rings is 1. The molecule has 3 heterocycles. The monoisotopic (exact) mass is 453 g/mol. The molecule has 158 valence electrons. The minimum Gasteiger partial charge on any atom is -0.337 e. The molecule has 5 rings (SSSR count). The summed E-state index contributed by atoms with van der Waals surface area (Å²) >= 11 is 11.4. The van der Waals surface area contributed by atoms with Crippen LogP contribution in [0.5, 0.6) is 0 Å². The van der Waals surface area contributed by atoms with Crippen LogP contribution in [0.1, 0.15) is 0 Å². The zero-order chi connectivity index (χ0) is 21.2. The van der Waals surface area contributed by atoms with Gasteiger partial charge < -0.3 is 4.90 Å². The summed E-state index contributed by atoms with van der Waals surface area (Å²) in [6, 6.07) is 17.5. The van der Waals surface area contributed by atoms with Gasteiger partial charge in [0.05, 0.1) is 12.4 Å². The second-order valence-electron chi connectivity index (χ2n) is 7.26. The Morgan fingerprint density at radius 3 is 2.45 bits per heavy atom. The number of benzene rings is 2. The van der Waals surface area contributed by atoms with E-state index in [0.717, 1.165) is 49.2 Å². The van der Waals surface area contributed by atoms with E-state index >= 15 is 0 Å². The Balaban J connectivity index is 1.25. The van der Waals surface area contributed by atoms with E-state index in [2.05, 4.69) is 35.4 Å². The Labute approximate surface area is 188 Å². The standard InChI is InChI=1S/C20H20ClN9S/c21-16-8-6-15(7-9-16)18-22-20(31)29(24-18)14-27-10-12-28(13-11-27)19-23-25-26-30(19)17-4-2-1-3-5-17/h1-9H,10-14H2,(H,22,24,31). The SMILES string of the molecule is S=c1nc(-c2ccc(Cl)cc2)[nH]n1CN1CCN(c2nnnn2-c2ccccc2)CC1. The van der Waals surface area contributed by atoms with Crippen LogP contribution in [0.15, 0.2) is 54.6 Å². The predicted molar refractivity (Wildman–Crippen MR) is 121 cm³/mol. The van der Waals surface area contributed by atoms with Gasteiger partial charge in [0.1, 0.15) is 0 Å². The van der Waals surface area contributed by atoms with E-state index in [1.807, 2.05) is 59.3 Å². The first-order valence-electron chi connectivity index (χ1n) is 9.91. The van der Waals surface area contributed by atoms with E-state index in [0.29, 0.717) is 16.5 Å². The second kappa shape index (κ2) is 8.58. The van der Waals surface area contributed by atoms with Crippen LogP contribution >= 0.6 is 23.8 Å². The van der Waals surface area contributed by atoms with E-state index in [-0.39, 0.29) is 0 Å². The van der Waals surface area contributed by atoms with Crippen LogP contribution < -0.4 is 4.90 Å². The molecule has 1 aliphatic heterocycles. The van der Waals surface area contributed by atoms with Crippen molar-refractivity contribution in [1.82, 2.24) is 39.9 Å². The number of para-hydroxylation sites is 1. The number of nitrogens with one attached hydrogen (secondary N) is 1. The van der Waals surface area contributed by atoms with Crippen LogP contribution in [-0.4, -0.2) is 66.1 Å². The Morgan fingerprint density at radius 1 is 0.968 bits per heavy atom. The molecule has 2 aromatic carbocycles. The van der Waals surface area contributed by atoms with Gasteiger partial charge in [-0.15, -0.1) is 0 Å². The van der Waals surface area contributed by atoms with Gasteiger partial charge in [-0.3, -0.25) is 10.00 Å². The molecule has 11 heteroatoms. The lowest BCUT2D eigenvalue weighted by Crippen LogP contribution is -2.47. The van der Waals surface area contributed by atoms with Crippen molar-refractivity contribution in [1.29, 1.82) is 0 Å². The molecule has 0 aliphatic carbocycles. The van der Waals surface area contributed by atoms with Gasteiger partial charge in [-0.05, 0) is 59.0 Å². The largest absolute Gasteiger partial charge is 0.337 e. The number of hydrogen-bond acceptors (Lipinski definition) is 7. The van der Waals surface area contributed by atoms with Crippen LogP contribution in [0.25, 0.3) is 17.1 Å². The zero-order valence-corrected chi connectivity index (χ0v) is 18.2. The second-order valence-corrected chi connectivity index (χ2v) is 8.06. The smallest absolute Gasteiger partial charge is 0.250 e. The first-order chi connectivity index (χ1) is 15.2. The highest BCUT2D eigenvalue weighted by Gasteiger charge is 2.22. The van der Waals surface area contributed by atoms with Crippen LogP contribution in [0.3, 0.4) is 0 Å². The van der Waals surface area contributed by atoms with Gasteiger partial charge in [0.25, 0.3) is 0 Å². The number of anilines is 1. The van der Waals surface area contributed by atoms with Gasteiger partial charge in [-0.2, -0.15) is 9.67 Å². The van der Waals surface area contributed by atoms with Gasteiger partial charge in [0, 0.05) is 36.8 Å². The predicted octanol–water partition coefficient (Wildman–Crippen LogP) is 3.02. The molecule has 1 saturated heterocycles. The molecule has 9 nitrogen and oxygen atoms in total. The minimum atomic E-state index is 0.528. The lowest BCUT2D eigenvalue weighted by molar-refractivity contribution is 0.193. The Bertz CT molecular complexity index is 1210. The van der Waals surface area contributed by atoms with Crippen LogP contribution in [0.4, 0.5) is 5.95 Å². The highest BCUT2D eigenvalue weighted by Crippen LogP contribution is 2.19. The fraction of sp³-hybridized carbons (Fsp3) is 0.250. The van der Waals surface area contributed by atoms with E-state index < -0.39 is 0 Å². The number of tetrazole rings is 1. The Hall–Kier alpha value is -3.08. The van der Waals surface area contributed by atoms with E-state index in [9.17, 15) is 0 Å². The van der Waals surface area contributed by atoms with Gasteiger partial charge >= 0.3 is 0 Å². The molecule has 1 aliphatic rings. The zero-order valence-electron chi connectivity index (χ0n) is 16.6. The summed E-state index contributed by atoms with van der Waals surface area (Å²) in [5.74, 6) is 1.50. The number of halogens is 1. The van der Waals surface area contributed by atoms with E-state index in [1.165, 1.54) is 0 Å². The molecule has 0 spiro atoms. The molecule has 0 amide bonds. The number of H-pyrrole nitrogens is 1. The topological polar surface area (TPSA) is 83.7 Å².